The van der Waals surface area contributed by atoms with Gasteiger partial charge in [-0.2, -0.15) is 0 Å². The summed E-state index contributed by atoms with van der Waals surface area (Å²) in [6.45, 7) is 0. The summed E-state index contributed by atoms with van der Waals surface area (Å²) in [5, 5.41) is 0.926. The fraction of sp³-hybridized carbons (Fsp3) is 0. The maximum absolute atomic E-state index is 5.99. The fourth-order valence-corrected chi connectivity index (χ4v) is 3.04. The van der Waals surface area contributed by atoms with E-state index in [-0.39, 0.29) is 0 Å². The molecule has 0 radical (unpaired) electrons. The third-order valence-electron chi connectivity index (χ3n) is 2.41. The van der Waals surface area contributed by atoms with Crippen LogP contribution in [0.5, 0.6) is 0 Å². The van der Waals surface area contributed by atoms with Crippen molar-refractivity contribution in [3.63, 3.8) is 0 Å². The molecule has 0 spiro atoms. The molecular weight excluding hydrogens is 345 g/mol. The van der Waals surface area contributed by atoms with E-state index in [4.69, 9.17) is 5.73 Å². The molecule has 2 N–H and O–H groups in total. The molecule has 3 rings (SSSR count). The van der Waals surface area contributed by atoms with E-state index in [2.05, 4.69) is 32.6 Å². The number of pyridine rings is 1. The van der Waals surface area contributed by atoms with Crippen LogP contribution in [0, 0.1) is 3.57 Å². The van der Waals surface area contributed by atoms with Crippen LogP contribution in [0.3, 0.4) is 0 Å². The van der Waals surface area contributed by atoms with E-state index in [1.807, 2.05) is 30.3 Å². The van der Waals surface area contributed by atoms with Crippen LogP contribution in [0.4, 0.5) is 5.69 Å². The summed E-state index contributed by atoms with van der Waals surface area (Å²) in [7, 11) is 0. The number of benzene rings is 1. The van der Waals surface area contributed by atoms with Crippen molar-refractivity contribution in [2.45, 2.75) is 0 Å². The van der Waals surface area contributed by atoms with Gasteiger partial charge in [-0.05, 0) is 52.9 Å². The molecule has 0 aliphatic rings. The van der Waals surface area contributed by atoms with Crippen molar-refractivity contribution in [2.75, 3.05) is 5.73 Å². The van der Waals surface area contributed by atoms with Crippen molar-refractivity contribution in [1.82, 2.24) is 9.97 Å². The van der Waals surface area contributed by atoms with Gasteiger partial charge in [-0.25, -0.2) is 9.97 Å². The van der Waals surface area contributed by atoms with Crippen LogP contribution in [0.25, 0.3) is 20.9 Å². The van der Waals surface area contributed by atoms with Gasteiger partial charge in [0.25, 0.3) is 0 Å². The van der Waals surface area contributed by atoms with E-state index in [9.17, 15) is 0 Å². The first kappa shape index (κ1) is 10.9. The molecule has 0 saturated heterocycles. The maximum atomic E-state index is 5.99. The average Bonchev–Trinajstić information content (AvgIpc) is 2.75. The number of nitrogens with zero attached hydrogens (tertiary/aromatic N) is 2. The molecule has 0 atom stereocenters. The number of hydrogen-bond donors (Lipinski definition) is 1. The summed E-state index contributed by atoms with van der Waals surface area (Å²) in [5.74, 6) is 0. The maximum Gasteiger partial charge on any atom is 0.143 e. The van der Waals surface area contributed by atoms with Gasteiger partial charge in [0, 0.05) is 21.0 Å². The van der Waals surface area contributed by atoms with Crippen molar-refractivity contribution in [2.24, 2.45) is 0 Å². The molecule has 0 aliphatic heterocycles. The minimum atomic E-state index is 0.754. The Labute approximate surface area is 116 Å². The van der Waals surface area contributed by atoms with Gasteiger partial charge < -0.3 is 5.73 Å². The van der Waals surface area contributed by atoms with Gasteiger partial charge in [0.05, 0.1) is 0 Å². The minimum absolute atomic E-state index is 0.754. The third-order valence-corrected chi connectivity index (χ3v) is 4.10. The van der Waals surface area contributed by atoms with Crippen molar-refractivity contribution in [1.29, 1.82) is 0 Å². The highest BCUT2D eigenvalue weighted by Crippen LogP contribution is 2.33. The number of aromatic nitrogens is 2. The largest absolute Gasteiger partial charge is 0.398 e. The van der Waals surface area contributed by atoms with Crippen molar-refractivity contribution in [3.05, 3.63) is 40.1 Å². The number of thiazole rings is 1. The molecule has 3 nitrogen and oxygen atoms in total. The Morgan fingerprint density at radius 1 is 1.24 bits per heavy atom. The van der Waals surface area contributed by atoms with E-state index >= 15 is 0 Å². The van der Waals surface area contributed by atoms with Crippen molar-refractivity contribution < 1.29 is 0 Å². The monoisotopic (exact) mass is 353 g/mol. The van der Waals surface area contributed by atoms with E-state index in [1.165, 1.54) is 0 Å². The molecule has 5 heteroatoms. The van der Waals surface area contributed by atoms with Crippen molar-refractivity contribution >= 4 is 50.0 Å². The second-order valence-corrected chi connectivity index (χ2v) is 5.80. The van der Waals surface area contributed by atoms with Gasteiger partial charge >= 0.3 is 0 Å². The number of nitrogens with two attached hydrogens (primary N) is 1. The van der Waals surface area contributed by atoms with Gasteiger partial charge in [-0.3, -0.25) is 0 Å². The number of rotatable bonds is 1. The number of nitrogen functional groups attached to an aromatic ring is 1. The average molecular weight is 353 g/mol. The van der Waals surface area contributed by atoms with Crippen LogP contribution in [0.2, 0.25) is 0 Å². The van der Waals surface area contributed by atoms with Crippen LogP contribution in [0.15, 0.2) is 36.5 Å². The second-order valence-electron chi connectivity index (χ2n) is 3.58. The van der Waals surface area contributed by atoms with Crippen LogP contribution in [-0.2, 0) is 0 Å². The predicted octanol–water partition coefficient (Wildman–Crippen LogP) is 3.55. The molecule has 0 amide bonds. The smallest absolute Gasteiger partial charge is 0.143 e. The Bertz CT molecular complexity index is 660. The third kappa shape index (κ3) is 2.00. The molecule has 2 heterocycles. The zero-order valence-electron chi connectivity index (χ0n) is 8.72. The first-order chi connectivity index (χ1) is 8.24. The predicted molar refractivity (Wildman–Crippen MR) is 80.0 cm³/mol. The number of halogens is 1. The first-order valence-electron chi connectivity index (χ1n) is 5.01. The quantitative estimate of drug-likeness (QED) is 0.538. The SMILES string of the molecule is Nc1ccc(I)cc1-c1nc2cccnc2s1. The molecule has 2 aromatic heterocycles. The lowest BCUT2D eigenvalue weighted by Crippen LogP contribution is -1.89. The Hall–Kier alpha value is -1.21. The summed E-state index contributed by atoms with van der Waals surface area (Å²) >= 11 is 3.84. The molecule has 17 heavy (non-hydrogen) atoms. The normalized spacial score (nSPS) is 10.9. The van der Waals surface area contributed by atoms with Crippen LogP contribution in [-0.4, -0.2) is 9.97 Å². The van der Waals surface area contributed by atoms with Crippen LogP contribution in [0.1, 0.15) is 0 Å². The van der Waals surface area contributed by atoms with E-state index in [0.717, 1.165) is 30.2 Å². The highest BCUT2D eigenvalue weighted by Gasteiger charge is 2.09. The summed E-state index contributed by atoms with van der Waals surface area (Å²) in [6.07, 6.45) is 1.78. The van der Waals surface area contributed by atoms with E-state index in [0.29, 0.717) is 0 Å². The molecule has 0 aliphatic carbocycles. The molecule has 0 saturated carbocycles. The van der Waals surface area contributed by atoms with Gasteiger partial charge in [-0.15, -0.1) is 0 Å². The Balaban J connectivity index is 2.23. The first-order valence-corrected chi connectivity index (χ1v) is 6.90. The zero-order chi connectivity index (χ0) is 11.8. The number of hydrogen-bond acceptors (Lipinski definition) is 4. The van der Waals surface area contributed by atoms with Gasteiger partial charge in [0.1, 0.15) is 15.4 Å². The molecule has 84 valence electrons. The minimum Gasteiger partial charge on any atom is -0.398 e. The Morgan fingerprint density at radius 2 is 2.12 bits per heavy atom. The molecule has 0 unspecified atom stereocenters. The standard InChI is InChI=1S/C12H8IN3S/c13-7-3-4-9(14)8(6-7)11-16-10-2-1-5-15-12(10)17-11/h1-6H,14H2. The fourth-order valence-electron chi connectivity index (χ4n) is 1.60. The van der Waals surface area contributed by atoms with E-state index < -0.39 is 0 Å². The molecule has 0 bridgehead atoms. The molecule has 0 fully saturated rings. The Kier molecular flexibility index (Phi) is 2.71. The lowest BCUT2D eigenvalue weighted by Gasteiger charge is -2.01. The molecular formula is C12H8IN3S. The topological polar surface area (TPSA) is 51.8 Å². The van der Waals surface area contributed by atoms with Gasteiger partial charge in [-0.1, -0.05) is 11.3 Å². The summed E-state index contributed by atoms with van der Waals surface area (Å²) in [5.41, 5.74) is 8.65. The van der Waals surface area contributed by atoms with Crippen molar-refractivity contribution in [3.8, 4) is 10.6 Å². The lowest BCUT2D eigenvalue weighted by atomic mass is 10.2. The number of fused-ring (bicyclic) bond motifs is 1. The zero-order valence-corrected chi connectivity index (χ0v) is 11.7. The summed E-state index contributed by atoms with van der Waals surface area (Å²) in [6, 6.07) is 9.81. The van der Waals surface area contributed by atoms with Gasteiger partial charge in [0.2, 0.25) is 0 Å². The lowest BCUT2D eigenvalue weighted by molar-refractivity contribution is 1.40. The molecule has 3 aromatic rings. The summed E-state index contributed by atoms with van der Waals surface area (Å²) < 4.78 is 1.15. The number of anilines is 1. The van der Waals surface area contributed by atoms with Crippen LogP contribution < -0.4 is 5.73 Å². The second kappa shape index (κ2) is 4.23. The molecule has 1 aromatic carbocycles. The van der Waals surface area contributed by atoms with Crippen LogP contribution >= 0.6 is 33.9 Å². The highest BCUT2D eigenvalue weighted by molar-refractivity contribution is 14.1. The van der Waals surface area contributed by atoms with Gasteiger partial charge in [0.15, 0.2) is 0 Å². The summed E-state index contributed by atoms with van der Waals surface area (Å²) in [4.78, 5) is 9.80. The van der Waals surface area contributed by atoms with E-state index in [1.54, 1.807) is 17.5 Å². The Morgan fingerprint density at radius 3 is 2.94 bits per heavy atom. The highest BCUT2D eigenvalue weighted by atomic mass is 127.